The maximum absolute atomic E-state index is 12.0. The Balaban J connectivity index is 2.05. The number of carbonyl (C=O) groups is 1. The van der Waals surface area contributed by atoms with E-state index in [0.717, 1.165) is 17.1 Å². The Hall–Kier alpha value is -1.75. The van der Waals surface area contributed by atoms with Gasteiger partial charge in [0, 0.05) is 12.6 Å². The van der Waals surface area contributed by atoms with E-state index in [1.807, 2.05) is 14.0 Å². The van der Waals surface area contributed by atoms with Crippen molar-refractivity contribution >= 4 is 23.5 Å². The van der Waals surface area contributed by atoms with Crippen molar-refractivity contribution in [1.82, 2.24) is 9.78 Å². The van der Waals surface area contributed by atoms with Crippen LogP contribution in [0.25, 0.3) is 0 Å². The van der Waals surface area contributed by atoms with Gasteiger partial charge >= 0.3 is 0 Å². The molecule has 0 aliphatic carbocycles. The van der Waals surface area contributed by atoms with Gasteiger partial charge in [-0.3, -0.25) is 9.48 Å². The summed E-state index contributed by atoms with van der Waals surface area (Å²) in [5.41, 5.74) is 4.66. The first-order valence-corrected chi connectivity index (χ1v) is 8.57. The molecular formula is C17H21N3OS. The van der Waals surface area contributed by atoms with E-state index in [4.69, 9.17) is 0 Å². The van der Waals surface area contributed by atoms with E-state index in [2.05, 4.69) is 48.5 Å². The molecule has 0 saturated heterocycles. The summed E-state index contributed by atoms with van der Waals surface area (Å²) >= 11 is 1.66. The van der Waals surface area contributed by atoms with Gasteiger partial charge in [-0.05, 0) is 24.0 Å². The van der Waals surface area contributed by atoms with Gasteiger partial charge in [-0.1, -0.05) is 38.1 Å². The number of thioether (sulfide) groups is 1. The monoisotopic (exact) mass is 315 g/mol. The molecule has 1 atom stereocenters. The number of nitrogens with one attached hydrogen (secondary N) is 1. The molecule has 2 aromatic rings. The fourth-order valence-electron chi connectivity index (χ4n) is 2.87. The molecule has 1 aliphatic heterocycles. The molecule has 116 valence electrons. The molecule has 0 saturated carbocycles. The van der Waals surface area contributed by atoms with Crippen LogP contribution in [0.4, 0.5) is 5.82 Å². The van der Waals surface area contributed by atoms with E-state index in [-0.39, 0.29) is 11.2 Å². The topological polar surface area (TPSA) is 46.9 Å². The number of carbonyl (C=O) groups excluding carboxylic acids is 1. The first kappa shape index (κ1) is 15.2. The molecule has 3 rings (SSSR count). The molecule has 1 aromatic heterocycles. The second kappa shape index (κ2) is 5.80. The Kier molecular flexibility index (Phi) is 4.00. The summed E-state index contributed by atoms with van der Waals surface area (Å²) in [6, 6.07) is 8.73. The number of aryl methyl sites for hydroxylation is 2. The van der Waals surface area contributed by atoms with Crippen LogP contribution in [-0.4, -0.2) is 21.4 Å². The van der Waals surface area contributed by atoms with Crippen LogP contribution in [0, 0.1) is 6.92 Å². The number of hydrogen-bond donors (Lipinski definition) is 1. The maximum Gasteiger partial charge on any atom is 0.235 e. The number of amides is 1. The van der Waals surface area contributed by atoms with Gasteiger partial charge in [-0.25, -0.2) is 0 Å². The third-order valence-corrected chi connectivity index (χ3v) is 5.35. The van der Waals surface area contributed by atoms with Crippen molar-refractivity contribution in [2.24, 2.45) is 7.05 Å². The van der Waals surface area contributed by atoms with E-state index < -0.39 is 0 Å². The predicted octanol–water partition coefficient (Wildman–Crippen LogP) is 3.63. The molecule has 1 amide bonds. The van der Waals surface area contributed by atoms with Crippen LogP contribution in [0.1, 0.15) is 47.4 Å². The molecular weight excluding hydrogens is 294 g/mol. The molecule has 1 unspecified atom stereocenters. The van der Waals surface area contributed by atoms with E-state index in [0.29, 0.717) is 11.7 Å². The first-order valence-electron chi connectivity index (χ1n) is 7.52. The van der Waals surface area contributed by atoms with Crippen LogP contribution in [0.5, 0.6) is 0 Å². The van der Waals surface area contributed by atoms with Crippen LogP contribution in [-0.2, 0) is 11.8 Å². The molecule has 2 heterocycles. The zero-order valence-corrected chi connectivity index (χ0v) is 14.2. The highest BCUT2D eigenvalue weighted by molar-refractivity contribution is 8.00. The van der Waals surface area contributed by atoms with Gasteiger partial charge in [0.1, 0.15) is 5.82 Å². The minimum absolute atomic E-state index is 0.0375. The second-order valence-electron chi connectivity index (χ2n) is 6.03. The molecule has 0 fully saturated rings. The quantitative estimate of drug-likeness (QED) is 0.920. The van der Waals surface area contributed by atoms with Gasteiger partial charge in [0.05, 0.1) is 16.7 Å². The van der Waals surface area contributed by atoms with Crippen molar-refractivity contribution in [3.05, 3.63) is 46.6 Å². The van der Waals surface area contributed by atoms with Crippen molar-refractivity contribution in [2.45, 2.75) is 31.9 Å². The van der Waals surface area contributed by atoms with Gasteiger partial charge in [0.25, 0.3) is 0 Å². The summed E-state index contributed by atoms with van der Waals surface area (Å²) in [7, 11) is 1.88. The van der Waals surface area contributed by atoms with Crippen molar-refractivity contribution in [3.63, 3.8) is 0 Å². The standard InChI is InChI=1S/C17H21N3OS/c1-10(2)12-5-7-13(8-6-12)16-15-11(3)19-20(4)17(15)18-14(21)9-22-16/h5-8,10,16H,9H2,1-4H3,(H,18,21). The summed E-state index contributed by atoms with van der Waals surface area (Å²) in [6.07, 6.45) is 0. The Bertz CT molecular complexity index is 703. The average Bonchev–Trinajstić information content (AvgIpc) is 2.66. The Morgan fingerprint density at radius 2 is 2.00 bits per heavy atom. The maximum atomic E-state index is 12.0. The van der Waals surface area contributed by atoms with Gasteiger partial charge in [0.15, 0.2) is 0 Å². The molecule has 0 bridgehead atoms. The number of benzene rings is 1. The zero-order valence-electron chi connectivity index (χ0n) is 13.4. The number of anilines is 1. The average molecular weight is 315 g/mol. The highest BCUT2D eigenvalue weighted by Gasteiger charge is 2.29. The third kappa shape index (κ3) is 2.65. The van der Waals surface area contributed by atoms with Crippen LogP contribution < -0.4 is 5.32 Å². The van der Waals surface area contributed by atoms with Crippen molar-refractivity contribution in [3.8, 4) is 0 Å². The summed E-state index contributed by atoms with van der Waals surface area (Å²) < 4.78 is 1.77. The normalized spacial score (nSPS) is 18.0. The minimum atomic E-state index is 0.0375. The molecule has 1 aliphatic rings. The molecule has 0 spiro atoms. The molecule has 1 aromatic carbocycles. The Morgan fingerprint density at radius 1 is 1.32 bits per heavy atom. The molecule has 4 nitrogen and oxygen atoms in total. The van der Waals surface area contributed by atoms with Gasteiger partial charge in [-0.15, -0.1) is 11.8 Å². The Labute approximate surface area is 135 Å². The lowest BCUT2D eigenvalue weighted by Crippen LogP contribution is -2.15. The summed E-state index contributed by atoms with van der Waals surface area (Å²) in [5, 5.41) is 7.60. The second-order valence-corrected chi connectivity index (χ2v) is 7.13. The predicted molar refractivity (Wildman–Crippen MR) is 91.4 cm³/mol. The minimum Gasteiger partial charge on any atom is -0.310 e. The van der Waals surface area contributed by atoms with Crippen LogP contribution >= 0.6 is 11.8 Å². The smallest absolute Gasteiger partial charge is 0.235 e. The van der Waals surface area contributed by atoms with Crippen molar-refractivity contribution < 1.29 is 4.79 Å². The highest BCUT2D eigenvalue weighted by atomic mass is 32.2. The van der Waals surface area contributed by atoms with Crippen molar-refractivity contribution in [1.29, 1.82) is 0 Å². The van der Waals surface area contributed by atoms with Crippen LogP contribution in [0.3, 0.4) is 0 Å². The summed E-state index contributed by atoms with van der Waals surface area (Å²) in [4.78, 5) is 12.0. The van der Waals surface area contributed by atoms with E-state index in [9.17, 15) is 4.79 Å². The van der Waals surface area contributed by atoms with Gasteiger partial charge in [0.2, 0.25) is 5.91 Å². The number of rotatable bonds is 2. The highest BCUT2D eigenvalue weighted by Crippen LogP contribution is 2.43. The number of hydrogen-bond acceptors (Lipinski definition) is 3. The molecule has 5 heteroatoms. The SMILES string of the molecule is Cc1nn(C)c2c1C(c1ccc(C(C)C)cc1)SCC(=O)N2. The lowest BCUT2D eigenvalue weighted by molar-refractivity contribution is -0.113. The molecule has 0 radical (unpaired) electrons. The van der Waals surface area contributed by atoms with Crippen LogP contribution in [0.15, 0.2) is 24.3 Å². The third-order valence-electron chi connectivity index (χ3n) is 4.08. The van der Waals surface area contributed by atoms with Crippen LogP contribution in [0.2, 0.25) is 0 Å². The molecule has 1 N–H and O–H groups in total. The van der Waals surface area contributed by atoms with E-state index in [1.54, 1.807) is 16.4 Å². The zero-order chi connectivity index (χ0) is 15.9. The van der Waals surface area contributed by atoms with E-state index in [1.165, 1.54) is 11.1 Å². The van der Waals surface area contributed by atoms with E-state index >= 15 is 0 Å². The number of fused-ring (bicyclic) bond motifs is 1. The number of nitrogens with zero attached hydrogens (tertiary/aromatic N) is 2. The van der Waals surface area contributed by atoms with Gasteiger partial charge in [-0.2, -0.15) is 5.10 Å². The summed E-state index contributed by atoms with van der Waals surface area (Å²) in [6.45, 7) is 6.40. The first-order chi connectivity index (χ1) is 10.5. The van der Waals surface area contributed by atoms with Crippen molar-refractivity contribution in [2.75, 3.05) is 11.1 Å². The lowest BCUT2D eigenvalue weighted by Gasteiger charge is -2.16. The fraction of sp³-hybridized carbons (Fsp3) is 0.412. The lowest BCUT2D eigenvalue weighted by atomic mass is 9.98. The fourth-order valence-corrected chi connectivity index (χ4v) is 4.05. The van der Waals surface area contributed by atoms with Gasteiger partial charge < -0.3 is 5.32 Å². The summed E-state index contributed by atoms with van der Waals surface area (Å²) in [5.74, 6) is 1.85. The molecule has 22 heavy (non-hydrogen) atoms. The number of aromatic nitrogens is 2. The largest absolute Gasteiger partial charge is 0.310 e. The Morgan fingerprint density at radius 3 is 2.64 bits per heavy atom.